The van der Waals surface area contributed by atoms with E-state index in [1.54, 1.807) is 0 Å². The molecular weight excluding hydrogens is 224 g/mol. The highest BCUT2D eigenvalue weighted by molar-refractivity contribution is 4.82. The van der Waals surface area contributed by atoms with E-state index in [0.29, 0.717) is 24.5 Å². The summed E-state index contributed by atoms with van der Waals surface area (Å²) in [4.78, 5) is 2.43. The summed E-state index contributed by atoms with van der Waals surface area (Å²) in [5.41, 5.74) is 0. The predicted octanol–water partition coefficient (Wildman–Crippen LogP) is 1.71. The van der Waals surface area contributed by atoms with Gasteiger partial charge in [0, 0.05) is 12.6 Å². The van der Waals surface area contributed by atoms with Crippen molar-refractivity contribution in [1.29, 1.82) is 0 Å². The number of likely N-dealkylation sites (tertiary alicyclic amines) is 1. The van der Waals surface area contributed by atoms with Gasteiger partial charge in [-0.15, -0.1) is 0 Å². The van der Waals surface area contributed by atoms with Crippen LogP contribution in [0.25, 0.3) is 0 Å². The van der Waals surface area contributed by atoms with Crippen LogP contribution < -0.4 is 5.32 Å². The van der Waals surface area contributed by atoms with Crippen LogP contribution in [0.15, 0.2) is 0 Å². The first-order valence-electron chi connectivity index (χ1n) is 7.73. The van der Waals surface area contributed by atoms with Crippen molar-refractivity contribution >= 4 is 0 Å². The normalized spacial score (nSPS) is 32.8. The third-order valence-electron chi connectivity index (χ3n) is 5.22. The molecule has 1 saturated carbocycles. The summed E-state index contributed by atoms with van der Waals surface area (Å²) in [5, 5.41) is 13.1. The number of hydrogen-bond acceptors (Lipinski definition) is 3. The Hall–Kier alpha value is -0.120. The summed E-state index contributed by atoms with van der Waals surface area (Å²) in [7, 11) is 2.22. The molecule has 3 heteroatoms. The van der Waals surface area contributed by atoms with Crippen LogP contribution in [0.3, 0.4) is 0 Å². The van der Waals surface area contributed by atoms with Crippen molar-refractivity contribution in [2.24, 2.45) is 17.8 Å². The van der Waals surface area contributed by atoms with E-state index in [-0.39, 0.29) is 0 Å². The average molecular weight is 254 g/mol. The second-order valence-corrected chi connectivity index (χ2v) is 6.47. The van der Waals surface area contributed by atoms with Crippen LogP contribution in [0.5, 0.6) is 0 Å². The standard InChI is InChI=1S/C15H30N2O/c1-12(13-6-8-17(2)9-7-13)16-10-14-4-3-5-15(14)11-18/h12-16,18H,3-11H2,1-2H3. The first kappa shape index (κ1) is 14.3. The fraction of sp³-hybridized carbons (Fsp3) is 1.00. The van der Waals surface area contributed by atoms with E-state index in [1.807, 2.05) is 0 Å². The first-order valence-corrected chi connectivity index (χ1v) is 7.73. The Bertz CT molecular complexity index is 239. The lowest BCUT2D eigenvalue weighted by Crippen LogP contribution is -2.42. The smallest absolute Gasteiger partial charge is 0.0462 e. The molecule has 18 heavy (non-hydrogen) atoms. The highest BCUT2D eigenvalue weighted by atomic mass is 16.3. The summed E-state index contributed by atoms with van der Waals surface area (Å²) >= 11 is 0. The molecule has 1 aliphatic carbocycles. The number of nitrogens with one attached hydrogen (secondary N) is 1. The minimum Gasteiger partial charge on any atom is -0.396 e. The van der Waals surface area contributed by atoms with Gasteiger partial charge in [0.15, 0.2) is 0 Å². The van der Waals surface area contributed by atoms with Crippen molar-refractivity contribution in [2.45, 2.75) is 45.1 Å². The topological polar surface area (TPSA) is 35.5 Å². The highest BCUT2D eigenvalue weighted by Gasteiger charge is 2.28. The van der Waals surface area contributed by atoms with Crippen LogP contribution in [0, 0.1) is 17.8 Å². The lowest BCUT2D eigenvalue weighted by Gasteiger charge is -2.34. The summed E-state index contributed by atoms with van der Waals surface area (Å²) in [6, 6.07) is 0.638. The zero-order valence-corrected chi connectivity index (χ0v) is 12.1. The van der Waals surface area contributed by atoms with E-state index < -0.39 is 0 Å². The van der Waals surface area contributed by atoms with Crippen LogP contribution in [0.1, 0.15) is 39.0 Å². The van der Waals surface area contributed by atoms with Gasteiger partial charge in [0.05, 0.1) is 0 Å². The average Bonchev–Trinajstić information content (AvgIpc) is 2.84. The molecule has 3 atom stereocenters. The van der Waals surface area contributed by atoms with E-state index in [0.717, 1.165) is 12.5 Å². The van der Waals surface area contributed by atoms with Gasteiger partial charge < -0.3 is 15.3 Å². The Morgan fingerprint density at radius 1 is 1.17 bits per heavy atom. The Kier molecular flexibility index (Phi) is 5.46. The molecule has 1 aliphatic heterocycles. The van der Waals surface area contributed by atoms with Crippen LogP contribution in [0.2, 0.25) is 0 Å². The van der Waals surface area contributed by atoms with Gasteiger partial charge in [-0.25, -0.2) is 0 Å². The van der Waals surface area contributed by atoms with Gasteiger partial charge in [-0.3, -0.25) is 0 Å². The molecular formula is C15H30N2O. The van der Waals surface area contributed by atoms with Crippen LogP contribution in [0.4, 0.5) is 0 Å². The SMILES string of the molecule is CC(NCC1CCCC1CO)C1CCN(C)CC1. The largest absolute Gasteiger partial charge is 0.396 e. The van der Waals surface area contributed by atoms with Crippen LogP contribution in [-0.2, 0) is 0 Å². The highest BCUT2D eigenvalue weighted by Crippen LogP contribution is 2.31. The molecule has 1 heterocycles. The third-order valence-corrected chi connectivity index (χ3v) is 5.22. The van der Waals surface area contributed by atoms with Crippen molar-refractivity contribution in [2.75, 3.05) is 33.3 Å². The van der Waals surface area contributed by atoms with Crippen molar-refractivity contribution in [3.8, 4) is 0 Å². The first-order chi connectivity index (χ1) is 8.70. The van der Waals surface area contributed by atoms with E-state index in [9.17, 15) is 5.11 Å². The van der Waals surface area contributed by atoms with Gasteiger partial charge in [0.25, 0.3) is 0 Å². The number of aliphatic hydroxyl groups excluding tert-OH is 1. The van der Waals surface area contributed by atoms with Gasteiger partial charge in [-0.2, -0.15) is 0 Å². The minimum atomic E-state index is 0.384. The molecule has 2 fully saturated rings. The monoisotopic (exact) mass is 254 g/mol. The Labute approximate surface area is 112 Å². The zero-order valence-electron chi connectivity index (χ0n) is 12.1. The van der Waals surface area contributed by atoms with Gasteiger partial charge in [0.2, 0.25) is 0 Å². The summed E-state index contributed by atoms with van der Waals surface area (Å²) in [6.07, 6.45) is 6.50. The zero-order chi connectivity index (χ0) is 13.0. The molecule has 0 aromatic heterocycles. The summed E-state index contributed by atoms with van der Waals surface area (Å²) in [6.45, 7) is 6.34. The molecule has 3 nitrogen and oxygen atoms in total. The van der Waals surface area contributed by atoms with E-state index >= 15 is 0 Å². The maximum absolute atomic E-state index is 9.35. The second kappa shape index (κ2) is 6.88. The molecule has 2 rings (SSSR count). The molecule has 0 radical (unpaired) electrons. The number of piperidine rings is 1. The Morgan fingerprint density at radius 2 is 1.83 bits per heavy atom. The van der Waals surface area contributed by atoms with E-state index in [1.165, 1.54) is 45.2 Å². The van der Waals surface area contributed by atoms with Crippen molar-refractivity contribution < 1.29 is 5.11 Å². The van der Waals surface area contributed by atoms with Gasteiger partial charge in [-0.1, -0.05) is 6.42 Å². The number of hydrogen-bond donors (Lipinski definition) is 2. The Morgan fingerprint density at radius 3 is 2.50 bits per heavy atom. The van der Waals surface area contributed by atoms with Gasteiger partial charge >= 0.3 is 0 Å². The predicted molar refractivity (Wildman–Crippen MR) is 75.6 cm³/mol. The molecule has 2 N–H and O–H groups in total. The van der Waals surface area contributed by atoms with E-state index in [4.69, 9.17) is 0 Å². The Balaban J connectivity index is 1.69. The fourth-order valence-electron chi connectivity index (χ4n) is 3.66. The van der Waals surface area contributed by atoms with Crippen LogP contribution in [-0.4, -0.2) is 49.3 Å². The lowest BCUT2D eigenvalue weighted by atomic mass is 9.89. The molecule has 106 valence electrons. The van der Waals surface area contributed by atoms with Crippen molar-refractivity contribution in [3.63, 3.8) is 0 Å². The molecule has 0 spiro atoms. The van der Waals surface area contributed by atoms with Gasteiger partial charge in [0.1, 0.15) is 0 Å². The molecule has 0 aromatic rings. The molecule has 1 saturated heterocycles. The number of aliphatic hydroxyl groups is 1. The maximum Gasteiger partial charge on any atom is 0.0462 e. The maximum atomic E-state index is 9.35. The van der Waals surface area contributed by atoms with E-state index in [2.05, 4.69) is 24.2 Å². The lowest BCUT2D eigenvalue weighted by molar-refractivity contribution is 0.170. The number of rotatable bonds is 5. The summed E-state index contributed by atoms with van der Waals surface area (Å²) in [5.74, 6) is 2.11. The van der Waals surface area contributed by atoms with Gasteiger partial charge in [-0.05, 0) is 77.0 Å². The molecule has 0 bridgehead atoms. The molecule has 3 unspecified atom stereocenters. The summed E-state index contributed by atoms with van der Waals surface area (Å²) < 4.78 is 0. The third kappa shape index (κ3) is 3.69. The number of nitrogens with zero attached hydrogens (tertiary/aromatic N) is 1. The van der Waals surface area contributed by atoms with Crippen molar-refractivity contribution in [3.05, 3.63) is 0 Å². The van der Waals surface area contributed by atoms with Crippen molar-refractivity contribution in [1.82, 2.24) is 10.2 Å². The van der Waals surface area contributed by atoms with Crippen LogP contribution >= 0.6 is 0 Å². The molecule has 2 aliphatic rings. The fourth-order valence-corrected chi connectivity index (χ4v) is 3.66. The second-order valence-electron chi connectivity index (χ2n) is 6.47. The molecule has 0 aromatic carbocycles. The minimum absolute atomic E-state index is 0.384. The quantitative estimate of drug-likeness (QED) is 0.784. The molecule has 0 amide bonds.